The molecule has 0 unspecified atom stereocenters. The number of halogens is 3. The number of rotatable bonds is 4. The lowest BCUT2D eigenvalue weighted by Gasteiger charge is -2.32. The molecule has 2 aromatic carbocycles. The normalized spacial score (nSPS) is 15.1. The summed E-state index contributed by atoms with van der Waals surface area (Å²) in [6.45, 7) is 4.17. The van der Waals surface area contributed by atoms with Crippen molar-refractivity contribution >= 4 is 11.4 Å². The molecule has 4 rings (SSSR count). The molecule has 1 saturated heterocycles. The molecule has 0 aliphatic carbocycles. The van der Waals surface area contributed by atoms with E-state index in [9.17, 15) is 18.3 Å². The molecular formula is C20H20F3N3O3. The van der Waals surface area contributed by atoms with Crippen molar-refractivity contribution in [1.29, 1.82) is 0 Å². The number of nitrogens with zero attached hydrogens (tertiary/aromatic N) is 2. The summed E-state index contributed by atoms with van der Waals surface area (Å²) in [6, 6.07) is 11.7. The minimum absolute atomic E-state index is 0.0630. The molecular weight excluding hydrogens is 387 g/mol. The van der Waals surface area contributed by atoms with Gasteiger partial charge < -0.3 is 19.6 Å². The van der Waals surface area contributed by atoms with E-state index in [1.165, 1.54) is 12.1 Å². The van der Waals surface area contributed by atoms with Crippen LogP contribution in [0.4, 0.5) is 24.5 Å². The first-order valence-corrected chi connectivity index (χ1v) is 9.03. The van der Waals surface area contributed by atoms with Crippen LogP contribution in [0, 0.1) is 0 Å². The maximum atomic E-state index is 12.7. The minimum Gasteiger partial charge on any atom is -0.417 e. The van der Waals surface area contributed by atoms with E-state index in [-0.39, 0.29) is 25.0 Å². The van der Waals surface area contributed by atoms with Crippen molar-refractivity contribution in [2.24, 2.45) is 0 Å². The Morgan fingerprint density at radius 3 is 2.24 bits per heavy atom. The highest BCUT2D eigenvalue weighted by molar-refractivity contribution is 5.76. The van der Waals surface area contributed by atoms with Crippen LogP contribution in [0.15, 0.2) is 52.9 Å². The van der Waals surface area contributed by atoms with Gasteiger partial charge in [0.2, 0.25) is 5.89 Å². The van der Waals surface area contributed by atoms with Crippen LogP contribution >= 0.6 is 0 Å². The molecule has 29 heavy (non-hydrogen) atoms. The van der Waals surface area contributed by atoms with Crippen LogP contribution < -0.4 is 5.32 Å². The number of nitrogens with one attached hydrogen (secondary N) is 1. The number of anilines is 2. The van der Waals surface area contributed by atoms with Gasteiger partial charge in [-0.05, 0) is 36.4 Å². The van der Waals surface area contributed by atoms with Crippen LogP contribution in [0.5, 0.6) is 0 Å². The highest BCUT2D eigenvalue weighted by Crippen LogP contribution is 2.34. The zero-order valence-corrected chi connectivity index (χ0v) is 15.8. The predicted molar refractivity (Wildman–Crippen MR) is 101 cm³/mol. The van der Waals surface area contributed by atoms with E-state index in [0.717, 1.165) is 12.1 Å². The average molecular weight is 407 g/mol. The summed E-state index contributed by atoms with van der Waals surface area (Å²) < 4.78 is 48.6. The summed E-state index contributed by atoms with van der Waals surface area (Å²) in [7, 11) is 0. The van der Waals surface area contributed by atoms with Crippen LogP contribution in [0.1, 0.15) is 25.3 Å². The zero-order chi connectivity index (χ0) is 21.1. The van der Waals surface area contributed by atoms with Crippen molar-refractivity contribution in [1.82, 2.24) is 10.2 Å². The summed E-state index contributed by atoms with van der Waals surface area (Å²) in [4.78, 5) is 0. The molecule has 1 aliphatic heterocycles. The van der Waals surface area contributed by atoms with Gasteiger partial charge in [0.15, 0.2) is 5.60 Å². The van der Waals surface area contributed by atoms with Crippen molar-refractivity contribution in [3.8, 4) is 11.5 Å². The Balaban J connectivity index is 0.00000117. The Kier molecular flexibility index (Phi) is 5.90. The first-order valence-electron chi connectivity index (χ1n) is 9.03. The van der Waals surface area contributed by atoms with E-state index < -0.39 is 17.3 Å². The predicted octanol–water partition coefficient (Wildman–Crippen LogP) is 4.74. The lowest BCUT2D eigenvalue weighted by molar-refractivity contribution is -0.196. The molecule has 6 nitrogen and oxygen atoms in total. The molecule has 2 N–H and O–H groups in total. The van der Waals surface area contributed by atoms with Crippen LogP contribution in [0.25, 0.3) is 11.5 Å². The lowest BCUT2D eigenvalue weighted by atomic mass is 10.0. The number of ether oxygens (including phenoxy) is 1. The largest absolute Gasteiger partial charge is 0.417 e. The third kappa shape index (κ3) is 4.41. The summed E-state index contributed by atoms with van der Waals surface area (Å²) in [6.07, 6.45) is -4.39. The highest BCUT2D eigenvalue weighted by Gasteiger charge is 2.43. The van der Waals surface area contributed by atoms with Crippen molar-refractivity contribution in [3.63, 3.8) is 0 Å². The Morgan fingerprint density at radius 2 is 1.66 bits per heavy atom. The summed E-state index contributed by atoms with van der Waals surface area (Å²) in [5, 5.41) is 21.1. The number of para-hydroxylation sites is 1. The maximum absolute atomic E-state index is 12.7. The fraction of sp³-hybridized carbons (Fsp3) is 0.300. The first-order chi connectivity index (χ1) is 13.9. The van der Waals surface area contributed by atoms with Gasteiger partial charge in [-0.1, -0.05) is 26.0 Å². The molecule has 0 radical (unpaired) electrons. The molecule has 0 atom stereocenters. The first kappa shape index (κ1) is 20.8. The molecule has 1 aliphatic rings. The van der Waals surface area contributed by atoms with E-state index in [1.54, 1.807) is 24.3 Å². The van der Waals surface area contributed by atoms with Gasteiger partial charge in [-0.3, -0.25) is 0 Å². The second kappa shape index (κ2) is 8.22. The molecule has 1 aromatic heterocycles. The summed E-state index contributed by atoms with van der Waals surface area (Å²) >= 11 is 0. The minimum atomic E-state index is -4.39. The van der Waals surface area contributed by atoms with Crippen molar-refractivity contribution < 1.29 is 27.4 Å². The number of aliphatic hydroxyl groups is 1. The lowest BCUT2D eigenvalue weighted by Crippen LogP contribution is -2.46. The van der Waals surface area contributed by atoms with Gasteiger partial charge in [0.1, 0.15) is 0 Å². The van der Waals surface area contributed by atoms with Crippen molar-refractivity contribution in [2.75, 3.05) is 18.5 Å². The van der Waals surface area contributed by atoms with E-state index in [4.69, 9.17) is 9.15 Å². The van der Waals surface area contributed by atoms with Crippen LogP contribution in [-0.4, -0.2) is 28.5 Å². The standard InChI is InChI=1S/C18H14F3N3O3.C2H6/c19-18(20,21)11-5-7-12(8-6-11)22-14-4-2-1-3-13(14)15-23-24-16(27-15)17(25)9-26-10-17;1-2/h1-8,22,25H,9-10H2;1-2H3. The molecule has 9 heteroatoms. The number of alkyl halides is 3. The molecule has 0 saturated carbocycles. The second-order valence-electron chi connectivity index (χ2n) is 6.18. The molecule has 0 spiro atoms. The average Bonchev–Trinajstić information content (AvgIpc) is 3.18. The summed E-state index contributed by atoms with van der Waals surface area (Å²) in [5.41, 5.74) is -0.398. The topological polar surface area (TPSA) is 80.4 Å². The Morgan fingerprint density at radius 1 is 1.00 bits per heavy atom. The molecule has 154 valence electrons. The molecule has 1 fully saturated rings. The van der Waals surface area contributed by atoms with Gasteiger partial charge in [-0.25, -0.2) is 0 Å². The number of hydrogen-bond acceptors (Lipinski definition) is 6. The fourth-order valence-electron chi connectivity index (χ4n) is 2.62. The van der Waals surface area contributed by atoms with E-state index >= 15 is 0 Å². The third-order valence-corrected chi connectivity index (χ3v) is 4.15. The molecule has 0 amide bonds. The second-order valence-corrected chi connectivity index (χ2v) is 6.18. The van der Waals surface area contributed by atoms with Gasteiger partial charge in [0, 0.05) is 5.69 Å². The number of hydrogen-bond donors (Lipinski definition) is 2. The van der Waals surface area contributed by atoms with Gasteiger partial charge >= 0.3 is 6.18 Å². The Bertz CT molecular complexity index is 951. The monoisotopic (exact) mass is 407 g/mol. The zero-order valence-electron chi connectivity index (χ0n) is 15.8. The van der Waals surface area contributed by atoms with E-state index in [1.807, 2.05) is 13.8 Å². The van der Waals surface area contributed by atoms with Gasteiger partial charge in [-0.2, -0.15) is 13.2 Å². The SMILES string of the molecule is CC.OC1(c2nnc(-c3ccccc3Nc3ccc(C(F)(F)F)cc3)o2)COC1. The third-order valence-electron chi connectivity index (χ3n) is 4.15. The smallest absolute Gasteiger partial charge is 0.416 e. The van der Waals surface area contributed by atoms with Crippen molar-refractivity contribution in [2.45, 2.75) is 25.6 Å². The number of aromatic nitrogens is 2. The Hall–Kier alpha value is -2.91. The fourth-order valence-corrected chi connectivity index (χ4v) is 2.62. The number of benzene rings is 2. The summed E-state index contributed by atoms with van der Waals surface area (Å²) in [5.74, 6) is 0.244. The quantitative estimate of drug-likeness (QED) is 0.650. The highest BCUT2D eigenvalue weighted by atomic mass is 19.4. The maximum Gasteiger partial charge on any atom is 0.416 e. The van der Waals surface area contributed by atoms with Crippen molar-refractivity contribution in [3.05, 3.63) is 60.0 Å². The molecule has 0 bridgehead atoms. The van der Waals surface area contributed by atoms with E-state index in [0.29, 0.717) is 16.9 Å². The van der Waals surface area contributed by atoms with E-state index in [2.05, 4.69) is 15.5 Å². The van der Waals surface area contributed by atoms with Gasteiger partial charge in [-0.15, -0.1) is 10.2 Å². The van der Waals surface area contributed by atoms with Crippen LogP contribution in [-0.2, 0) is 16.5 Å². The van der Waals surface area contributed by atoms with Gasteiger partial charge in [0.25, 0.3) is 5.89 Å². The molecule has 2 heterocycles. The van der Waals surface area contributed by atoms with Gasteiger partial charge in [0.05, 0.1) is 30.0 Å². The van der Waals surface area contributed by atoms with Crippen LogP contribution in [0.2, 0.25) is 0 Å². The Labute approximate surface area is 165 Å². The van der Waals surface area contributed by atoms with Crippen LogP contribution in [0.3, 0.4) is 0 Å². The molecule has 3 aromatic rings.